The Labute approximate surface area is 126 Å². The van der Waals surface area contributed by atoms with Crippen molar-refractivity contribution in [3.63, 3.8) is 0 Å². The first-order chi connectivity index (χ1) is 10.2. The van der Waals surface area contributed by atoms with Gasteiger partial charge < -0.3 is 20.4 Å². The molecule has 1 aromatic heterocycles. The number of nitrogens with two attached hydrogens (primary N) is 1. The molecule has 3 heterocycles. The minimum absolute atomic E-state index is 0.507. The summed E-state index contributed by atoms with van der Waals surface area (Å²) in [6.07, 6.45) is 5.90. The number of hydrogen-bond acceptors (Lipinski definition) is 6. The molecule has 0 amide bonds. The molecule has 0 spiro atoms. The summed E-state index contributed by atoms with van der Waals surface area (Å²) in [5, 5.41) is 0. The van der Waals surface area contributed by atoms with E-state index in [4.69, 9.17) is 5.73 Å². The molecule has 0 aliphatic carbocycles. The fourth-order valence-electron chi connectivity index (χ4n) is 3.26. The predicted molar refractivity (Wildman–Crippen MR) is 85.3 cm³/mol. The highest BCUT2D eigenvalue weighted by atomic mass is 15.3. The minimum atomic E-state index is 0.507. The maximum absolute atomic E-state index is 5.72. The lowest BCUT2D eigenvalue weighted by Gasteiger charge is -2.38. The van der Waals surface area contributed by atoms with Gasteiger partial charge >= 0.3 is 0 Å². The molecule has 0 saturated carbocycles. The van der Waals surface area contributed by atoms with E-state index in [0.717, 1.165) is 24.8 Å². The summed E-state index contributed by atoms with van der Waals surface area (Å²) >= 11 is 0. The fraction of sp³-hybridized carbons (Fsp3) is 0.733. The Balaban J connectivity index is 1.47. The lowest BCUT2D eigenvalue weighted by Crippen LogP contribution is -2.47. The van der Waals surface area contributed by atoms with Gasteiger partial charge in [-0.05, 0) is 25.8 Å². The van der Waals surface area contributed by atoms with Crippen LogP contribution in [0.3, 0.4) is 0 Å². The van der Waals surface area contributed by atoms with Crippen molar-refractivity contribution in [1.82, 2.24) is 19.8 Å². The van der Waals surface area contributed by atoms with Gasteiger partial charge in [-0.3, -0.25) is 4.98 Å². The highest BCUT2D eigenvalue weighted by Crippen LogP contribution is 2.22. The van der Waals surface area contributed by atoms with Crippen LogP contribution in [0.4, 0.5) is 11.6 Å². The first kappa shape index (κ1) is 14.5. The topological polar surface area (TPSA) is 61.5 Å². The Morgan fingerprint density at radius 3 is 2.48 bits per heavy atom. The highest BCUT2D eigenvalue weighted by Gasteiger charge is 2.23. The van der Waals surface area contributed by atoms with Crippen LogP contribution in [0.1, 0.15) is 12.8 Å². The summed E-state index contributed by atoms with van der Waals surface area (Å²) in [4.78, 5) is 15.9. The van der Waals surface area contributed by atoms with Gasteiger partial charge in [-0.25, -0.2) is 4.98 Å². The van der Waals surface area contributed by atoms with Crippen molar-refractivity contribution in [3.05, 3.63) is 12.4 Å². The molecule has 21 heavy (non-hydrogen) atoms. The maximum atomic E-state index is 5.72. The van der Waals surface area contributed by atoms with Gasteiger partial charge in [-0.1, -0.05) is 0 Å². The number of hydrogen-bond donors (Lipinski definition) is 1. The molecule has 2 N–H and O–H groups in total. The molecule has 2 fully saturated rings. The number of aromatic nitrogens is 2. The van der Waals surface area contributed by atoms with Crippen LogP contribution in [0.25, 0.3) is 0 Å². The van der Waals surface area contributed by atoms with E-state index in [1.54, 1.807) is 6.20 Å². The molecule has 0 radical (unpaired) electrons. The first-order valence-corrected chi connectivity index (χ1v) is 7.94. The third-order valence-electron chi connectivity index (χ3n) is 4.69. The van der Waals surface area contributed by atoms with Crippen LogP contribution in [0.2, 0.25) is 0 Å². The van der Waals surface area contributed by atoms with E-state index in [1.807, 2.05) is 6.20 Å². The van der Waals surface area contributed by atoms with Crippen LogP contribution < -0.4 is 10.6 Å². The van der Waals surface area contributed by atoms with Gasteiger partial charge in [0, 0.05) is 45.8 Å². The Bertz CT molecular complexity index is 449. The number of likely N-dealkylation sites (N-methyl/N-ethyl adjacent to an activating group) is 1. The molecule has 116 valence electrons. The van der Waals surface area contributed by atoms with E-state index in [1.165, 1.54) is 45.6 Å². The van der Waals surface area contributed by atoms with E-state index >= 15 is 0 Å². The molecule has 0 atom stereocenters. The summed E-state index contributed by atoms with van der Waals surface area (Å²) < 4.78 is 0. The van der Waals surface area contributed by atoms with E-state index in [0.29, 0.717) is 5.82 Å². The zero-order valence-corrected chi connectivity index (χ0v) is 12.9. The van der Waals surface area contributed by atoms with Crippen molar-refractivity contribution in [2.45, 2.75) is 12.8 Å². The molecule has 1 aromatic rings. The van der Waals surface area contributed by atoms with Gasteiger partial charge in [-0.2, -0.15) is 0 Å². The normalized spacial score (nSPS) is 22.6. The van der Waals surface area contributed by atoms with Crippen molar-refractivity contribution in [1.29, 1.82) is 0 Å². The molecular weight excluding hydrogens is 264 g/mol. The maximum Gasteiger partial charge on any atom is 0.149 e. The van der Waals surface area contributed by atoms with Gasteiger partial charge in [0.1, 0.15) is 11.6 Å². The number of piperidine rings is 1. The molecule has 6 nitrogen and oxygen atoms in total. The average Bonchev–Trinajstić information content (AvgIpc) is 2.50. The second-order valence-electron chi connectivity index (χ2n) is 6.34. The van der Waals surface area contributed by atoms with Crippen LogP contribution in [0, 0.1) is 5.92 Å². The second kappa shape index (κ2) is 6.58. The number of piperazine rings is 1. The minimum Gasteiger partial charge on any atom is -0.382 e. The van der Waals surface area contributed by atoms with Crippen molar-refractivity contribution in [3.8, 4) is 0 Å². The molecular formula is C15H26N6. The molecule has 0 unspecified atom stereocenters. The molecule has 2 aliphatic rings. The standard InChI is InChI=1S/C15H26N6/c1-19-6-8-20(9-7-19)12-13-2-4-21(5-3-13)15-11-17-10-14(16)18-15/h10-11,13H,2-9,12H2,1H3,(H2,16,18). The number of anilines is 2. The summed E-state index contributed by atoms with van der Waals surface area (Å²) in [5.74, 6) is 2.25. The molecule has 6 heteroatoms. The summed E-state index contributed by atoms with van der Waals surface area (Å²) in [5.41, 5.74) is 5.72. The largest absolute Gasteiger partial charge is 0.382 e. The van der Waals surface area contributed by atoms with Crippen LogP contribution in [0.15, 0.2) is 12.4 Å². The monoisotopic (exact) mass is 290 g/mol. The second-order valence-corrected chi connectivity index (χ2v) is 6.34. The van der Waals surface area contributed by atoms with Crippen LogP contribution in [-0.4, -0.2) is 72.6 Å². The Kier molecular flexibility index (Phi) is 4.55. The molecule has 3 rings (SSSR count). The van der Waals surface area contributed by atoms with Gasteiger partial charge in [0.25, 0.3) is 0 Å². The van der Waals surface area contributed by atoms with Gasteiger partial charge in [0.05, 0.1) is 12.4 Å². The van der Waals surface area contributed by atoms with Crippen LogP contribution in [-0.2, 0) is 0 Å². The highest BCUT2D eigenvalue weighted by molar-refractivity contribution is 5.41. The third kappa shape index (κ3) is 3.83. The lowest BCUT2D eigenvalue weighted by atomic mass is 9.96. The average molecular weight is 290 g/mol. The van der Waals surface area contributed by atoms with Crippen molar-refractivity contribution < 1.29 is 0 Å². The zero-order valence-electron chi connectivity index (χ0n) is 12.9. The fourth-order valence-corrected chi connectivity index (χ4v) is 3.26. The SMILES string of the molecule is CN1CCN(CC2CCN(c3cncc(N)n3)CC2)CC1. The van der Waals surface area contributed by atoms with Gasteiger partial charge in [-0.15, -0.1) is 0 Å². The third-order valence-corrected chi connectivity index (χ3v) is 4.69. The number of rotatable bonds is 3. The Hall–Kier alpha value is -1.40. The van der Waals surface area contributed by atoms with Gasteiger partial charge in [0.2, 0.25) is 0 Å². The summed E-state index contributed by atoms with van der Waals surface area (Å²) in [6.45, 7) is 8.24. The quantitative estimate of drug-likeness (QED) is 0.876. The molecule has 2 saturated heterocycles. The summed E-state index contributed by atoms with van der Waals surface area (Å²) in [7, 11) is 2.21. The molecule has 0 aromatic carbocycles. The smallest absolute Gasteiger partial charge is 0.149 e. The van der Waals surface area contributed by atoms with Crippen molar-refractivity contribution in [2.24, 2.45) is 5.92 Å². The van der Waals surface area contributed by atoms with Gasteiger partial charge in [0.15, 0.2) is 0 Å². The van der Waals surface area contributed by atoms with E-state index in [-0.39, 0.29) is 0 Å². The molecule has 2 aliphatic heterocycles. The Morgan fingerprint density at radius 2 is 1.81 bits per heavy atom. The van der Waals surface area contributed by atoms with Crippen LogP contribution >= 0.6 is 0 Å². The van der Waals surface area contributed by atoms with E-state index < -0.39 is 0 Å². The van der Waals surface area contributed by atoms with Crippen molar-refractivity contribution in [2.75, 3.05) is 63.5 Å². The van der Waals surface area contributed by atoms with Crippen LogP contribution in [0.5, 0.6) is 0 Å². The number of nitrogens with zero attached hydrogens (tertiary/aromatic N) is 5. The summed E-state index contributed by atoms with van der Waals surface area (Å²) in [6, 6.07) is 0. The lowest BCUT2D eigenvalue weighted by molar-refractivity contribution is 0.129. The Morgan fingerprint density at radius 1 is 1.10 bits per heavy atom. The van der Waals surface area contributed by atoms with E-state index in [2.05, 4.69) is 31.7 Å². The molecule has 0 bridgehead atoms. The zero-order chi connectivity index (χ0) is 14.7. The van der Waals surface area contributed by atoms with Crippen molar-refractivity contribution >= 4 is 11.6 Å². The number of nitrogen functional groups attached to an aromatic ring is 1. The first-order valence-electron chi connectivity index (χ1n) is 7.94. The predicted octanol–water partition coefficient (Wildman–Crippen LogP) is 0.523. The van der Waals surface area contributed by atoms with E-state index in [9.17, 15) is 0 Å².